The molecule has 1 unspecified atom stereocenters. The van der Waals surface area contributed by atoms with Gasteiger partial charge in [-0.1, -0.05) is 18.2 Å². The zero-order chi connectivity index (χ0) is 14.6. The average Bonchev–Trinajstić information content (AvgIpc) is 3.10. The molecule has 21 heavy (non-hydrogen) atoms. The Morgan fingerprint density at radius 3 is 2.95 bits per heavy atom. The predicted molar refractivity (Wildman–Crippen MR) is 73.2 cm³/mol. The molecule has 2 aromatic rings. The molecule has 0 aliphatic carbocycles. The van der Waals surface area contributed by atoms with Gasteiger partial charge in [-0.15, -0.1) is 0 Å². The molecule has 4 rings (SSSR count). The molecule has 0 fully saturated rings. The van der Waals surface area contributed by atoms with Crippen LogP contribution in [0.25, 0.3) is 5.69 Å². The molecule has 0 saturated heterocycles. The number of carbonyl (C=O) groups excluding carboxylic acids is 1. The third kappa shape index (κ3) is 1.50. The van der Waals surface area contributed by atoms with E-state index in [0.717, 1.165) is 0 Å². The van der Waals surface area contributed by atoms with Crippen molar-refractivity contribution in [3.05, 3.63) is 59.8 Å². The molecule has 2 aliphatic heterocycles. The Balaban J connectivity index is 2.07. The summed E-state index contributed by atoms with van der Waals surface area (Å²) in [6.07, 6.45) is 5.66. The van der Waals surface area contributed by atoms with E-state index in [0.29, 0.717) is 23.4 Å². The highest BCUT2D eigenvalue weighted by Crippen LogP contribution is 2.38. The van der Waals surface area contributed by atoms with Gasteiger partial charge in [0.2, 0.25) is 0 Å². The van der Waals surface area contributed by atoms with Crippen molar-refractivity contribution in [1.29, 1.82) is 0 Å². The standard InChI is InChI=1S/C15H11N3O3/c19-14-9-4-1-2-5-10(9)18-8-16-12(15(20)21)13(18)11-6-3-7-17(11)14/h1-5,7-8,11H,6H2,(H,20,21). The maximum absolute atomic E-state index is 12.7. The highest BCUT2D eigenvalue weighted by atomic mass is 16.4. The van der Waals surface area contributed by atoms with Gasteiger partial charge < -0.3 is 10.0 Å². The van der Waals surface area contributed by atoms with Crippen LogP contribution in [0.1, 0.15) is 39.0 Å². The summed E-state index contributed by atoms with van der Waals surface area (Å²) in [7, 11) is 0. The zero-order valence-electron chi connectivity index (χ0n) is 10.9. The van der Waals surface area contributed by atoms with Crippen LogP contribution in [-0.4, -0.2) is 31.4 Å². The Labute approximate surface area is 119 Å². The van der Waals surface area contributed by atoms with Gasteiger partial charge >= 0.3 is 5.97 Å². The van der Waals surface area contributed by atoms with Crippen LogP contribution in [0.5, 0.6) is 0 Å². The molecule has 1 amide bonds. The fraction of sp³-hybridized carbons (Fsp3) is 0.133. The van der Waals surface area contributed by atoms with E-state index in [2.05, 4.69) is 4.98 Å². The molecule has 3 heterocycles. The molecule has 1 aromatic heterocycles. The van der Waals surface area contributed by atoms with E-state index in [4.69, 9.17) is 0 Å². The number of aromatic nitrogens is 2. The number of fused-ring (bicyclic) bond motifs is 5. The summed E-state index contributed by atoms with van der Waals surface area (Å²) in [5.41, 5.74) is 1.76. The second-order valence-electron chi connectivity index (χ2n) is 5.02. The first-order valence-electron chi connectivity index (χ1n) is 6.57. The van der Waals surface area contributed by atoms with Gasteiger partial charge in [0, 0.05) is 6.20 Å². The molecule has 104 valence electrons. The van der Waals surface area contributed by atoms with E-state index in [1.807, 2.05) is 12.1 Å². The van der Waals surface area contributed by atoms with Crippen LogP contribution < -0.4 is 0 Å². The van der Waals surface area contributed by atoms with Crippen molar-refractivity contribution < 1.29 is 14.7 Å². The van der Waals surface area contributed by atoms with Crippen molar-refractivity contribution in [2.24, 2.45) is 0 Å². The maximum atomic E-state index is 12.7. The van der Waals surface area contributed by atoms with E-state index in [-0.39, 0.29) is 17.6 Å². The molecule has 0 saturated carbocycles. The number of rotatable bonds is 1. The molecular formula is C15H11N3O3. The molecule has 1 aromatic carbocycles. The molecule has 1 atom stereocenters. The van der Waals surface area contributed by atoms with Crippen LogP contribution in [0.15, 0.2) is 42.9 Å². The number of hydrogen-bond acceptors (Lipinski definition) is 3. The number of carbonyl (C=O) groups is 2. The highest BCUT2D eigenvalue weighted by molar-refractivity contribution is 6.00. The minimum atomic E-state index is -1.08. The minimum Gasteiger partial charge on any atom is -0.476 e. The molecular weight excluding hydrogens is 270 g/mol. The van der Waals surface area contributed by atoms with Crippen molar-refractivity contribution in [3.63, 3.8) is 0 Å². The fourth-order valence-corrected chi connectivity index (χ4v) is 3.01. The van der Waals surface area contributed by atoms with Gasteiger partial charge in [0.15, 0.2) is 5.69 Å². The third-order valence-corrected chi connectivity index (χ3v) is 3.91. The Hall–Kier alpha value is -2.89. The first kappa shape index (κ1) is 11.9. The van der Waals surface area contributed by atoms with E-state index in [9.17, 15) is 14.7 Å². The first-order chi connectivity index (χ1) is 10.2. The zero-order valence-corrected chi connectivity index (χ0v) is 10.9. The highest BCUT2D eigenvalue weighted by Gasteiger charge is 2.37. The van der Waals surface area contributed by atoms with Gasteiger partial charge in [0.1, 0.15) is 6.33 Å². The summed E-state index contributed by atoms with van der Waals surface area (Å²) >= 11 is 0. The lowest BCUT2D eigenvalue weighted by Gasteiger charge is -2.21. The molecule has 6 heteroatoms. The van der Waals surface area contributed by atoms with E-state index >= 15 is 0 Å². The van der Waals surface area contributed by atoms with Gasteiger partial charge in [-0.25, -0.2) is 9.78 Å². The number of para-hydroxylation sites is 1. The Morgan fingerprint density at radius 2 is 2.14 bits per heavy atom. The van der Waals surface area contributed by atoms with Crippen molar-refractivity contribution in [2.75, 3.05) is 0 Å². The van der Waals surface area contributed by atoms with Gasteiger partial charge in [0.25, 0.3) is 5.91 Å². The van der Waals surface area contributed by atoms with Crippen LogP contribution in [0, 0.1) is 0 Å². The lowest BCUT2D eigenvalue weighted by atomic mass is 10.1. The summed E-state index contributed by atoms with van der Waals surface area (Å²) in [4.78, 5) is 29.7. The van der Waals surface area contributed by atoms with Crippen molar-refractivity contribution >= 4 is 11.9 Å². The number of carboxylic acids is 1. The van der Waals surface area contributed by atoms with Crippen LogP contribution in [0.4, 0.5) is 0 Å². The number of imidazole rings is 1. The van der Waals surface area contributed by atoms with E-state index in [1.54, 1.807) is 33.9 Å². The number of benzene rings is 1. The number of nitrogens with zero attached hydrogens (tertiary/aromatic N) is 3. The lowest BCUT2D eigenvalue weighted by molar-refractivity contribution is 0.0680. The minimum absolute atomic E-state index is 0.00166. The summed E-state index contributed by atoms with van der Waals surface area (Å²) in [5.74, 6) is -1.20. The molecule has 6 nitrogen and oxygen atoms in total. The second kappa shape index (κ2) is 4.05. The Morgan fingerprint density at radius 1 is 1.33 bits per heavy atom. The predicted octanol–water partition coefficient (Wildman–Crippen LogP) is 1.98. The summed E-state index contributed by atoms with van der Waals surface area (Å²) in [6.45, 7) is 0. The topological polar surface area (TPSA) is 75.4 Å². The quantitative estimate of drug-likeness (QED) is 0.867. The van der Waals surface area contributed by atoms with Crippen LogP contribution in [-0.2, 0) is 0 Å². The van der Waals surface area contributed by atoms with Crippen molar-refractivity contribution in [1.82, 2.24) is 14.5 Å². The van der Waals surface area contributed by atoms with Crippen LogP contribution >= 0.6 is 0 Å². The Bertz CT molecular complexity index is 806. The van der Waals surface area contributed by atoms with E-state index in [1.165, 1.54) is 6.33 Å². The van der Waals surface area contributed by atoms with Crippen molar-refractivity contribution in [2.45, 2.75) is 12.5 Å². The second-order valence-corrected chi connectivity index (χ2v) is 5.02. The summed E-state index contributed by atoms with van der Waals surface area (Å²) in [5, 5.41) is 9.36. The number of amides is 1. The van der Waals surface area contributed by atoms with Gasteiger partial charge in [-0.2, -0.15) is 0 Å². The molecule has 0 spiro atoms. The first-order valence-corrected chi connectivity index (χ1v) is 6.57. The summed E-state index contributed by atoms with van der Waals surface area (Å²) in [6, 6.07) is 6.85. The van der Waals surface area contributed by atoms with E-state index < -0.39 is 5.97 Å². The van der Waals surface area contributed by atoms with Crippen LogP contribution in [0.2, 0.25) is 0 Å². The van der Waals surface area contributed by atoms with Crippen LogP contribution in [0.3, 0.4) is 0 Å². The maximum Gasteiger partial charge on any atom is 0.356 e. The Kier molecular flexibility index (Phi) is 2.29. The molecule has 1 N–H and O–H groups in total. The molecule has 0 radical (unpaired) electrons. The molecule has 2 aliphatic rings. The van der Waals surface area contributed by atoms with Gasteiger partial charge in [-0.05, 0) is 18.6 Å². The number of hydrogen-bond donors (Lipinski definition) is 1. The SMILES string of the molecule is O=C(O)c1ncn2c1C1CC=CN1C(=O)c1ccccc1-2. The third-order valence-electron chi connectivity index (χ3n) is 3.91. The average molecular weight is 281 g/mol. The lowest BCUT2D eigenvalue weighted by Crippen LogP contribution is -2.27. The normalized spacial score (nSPS) is 19.0. The van der Waals surface area contributed by atoms with Gasteiger partial charge in [-0.3, -0.25) is 9.36 Å². The number of aromatic carboxylic acids is 1. The fourth-order valence-electron chi connectivity index (χ4n) is 3.01. The largest absolute Gasteiger partial charge is 0.476 e. The summed E-state index contributed by atoms with van der Waals surface area (Å²) < 4.78 is 1.72. The van der Waals surface area contributed by atoms with Crippen molar-refractivity contribution in [3.8, 4) is 5.69 Å². The number of carboxylic acid groups (broad SMARTS) is 1. The van der Waals surface area contributed by atoms with Gasteiger partial charge in [0.05, 0.1) is 23.0 Å². The monoisotopic (exact) mass is 281 g/mol. The molecule has 0 bridgehead atoms. The smallest absolute Gasteiger partial charge is 0.356 e.